The minimum absolute atomic E-state index is 0.0132. The fourth-order valence-electron chi connectivity index (χ4n) is 4.08. The van der Waals surface area contributed by atoms with Crippen molar-refractivity contribution in [3.63, 3.8) is 0 Å². The molecule has 5 rings (SSSR count). The number of rotatable bonds is 7. The van der Waals surface area contributed by atoms with Crippen molar-refractivity contribution in [2.75, 3.05) is 37.4 Å². The zero-order valence-corrected chi connectivity index (χ0v) is 19.8. The number of nitrogens with one attached hydrogen (secondary N) is 3. The first-order valence-electron chi connectivity index (χ1n) is 11.6. The van der Waals surface area contributed by atoms with E-state index < -0.39 is 0 Å². The van der Waals surface area contributed by atoms with Gasteiger partial charge in [-0.25, -0.2) is 9.97 Å². The number of nitrogens with zero attached hydrogens (tertiary/aromatic N) is 3. The summed E-state index contributed by atoms with van der Waals surface area (Å²) in [4.78, 5) is 25.5. The number of hydrogen-bond acceptors (Lipinski definition) is 8. The van der Waals surface area contributed by atoms with E-state index in [1.807, 2.05) is 36.4 Å². The van der Waals surface area contributed by atoms with Crippen LogP contribution in [-0.4, -0.2) is 47.7 Å². The van der Waals surface area contributed by atoms with Crippen LogP contribution in [0.25, 0.3) is 22.2 Å². The Kier molecular flexibility index (Phi) is 6.83. The third-order valence-corrected chi connectivity index (χ3v) is 5.87. The van der Waals surface area contributed by atoms with Crippen LogP contribution in [0.1, 0.15) is 11.7 Å². The van der Waals surface area contributed by atoms with E-state index >= 15 is 0 Å². The van der Waals surface area contributed by atoms with Gasteiger partial charge in [0.15, 0.2) is 0 Å². The van der Waals surface area contributed by atoms with Crippen LogP contribution in [0.15, 0.2) is 73.6 Å². The van der Waals surface area contributed by atoms with Gasteiger partial charge in [-0.3, -0.25) is 9.78 Å². The summed E-state index contributed by atoms with van der Waals surface area (Å²) in [5.41, 5.74) is 4.63. The Morgan fingerprint density at radius 2 is 2.14 bits per heavy atom. The van der Waals surface area contributed by atoms with E-state index in [2.05, 4.69) is 32.5 Å². The molecule has 0 radical (unpaired) electrons. The number of methoxy groups -OCH3 is 1. The van der Waals surface area contributed by atoms with Gasteiger partial charge in [0.05, 0.1) is 36.7 Å². The van der Waals surface area contributed by atoms with E-state index in [9.17, 15) is 4.79 Å². The number of morpholine rings is 1. The molecule has 2 aromatic carbocycles. The van der Waals surface area contributed by atoms with Crippen molar-refractivity contribution >= 4 is 34.1 Å². The molecular weight excluding hydrogens is 456 g/mol. The molecular formula is C27H26N6O3. The molecule has 3 heterocycles. The second kappa shape index (κ2) is 10.5. The van der Waals surface area contributed by atoms with Crippen LogP contribution in [0.2, 0.25) is 0 Å². The maximum Gasteiger partial charge on any atom is 0.247 e. The van der Waals surface area contributed by atoms with Gasteiger partial charge in [-0.1, -0.05) is 30.8 Å². The largest absolute Gasteiger partial charge is 0.495 e. The monoisotopic (exact) mass is 482 g/mol. The summed E-state index contributed by atoms with van der Waals surface area (Å²) in [6, 6.07) is 15.3. The molecule has 1 saturated heterocycles. The molecule has 4 aromatic rings. The Hall–Kier alpha value is -4.34. The van der Waals surface area contributed by atoms with Gasteiger partial charge in [-0.2, -0.15) is 0 Å². The molecule has 9 nitrogen and oxygen atoms in total. The first-order chi connectivity index (χ1) is 17.6. The average molecular weight is 483 g/mol. The van der Waals surface area contributed by atoms with Gasteiger partial charge >= 0.3 is 0 Å². The topological polar surface area (TPSA) is 110 Å². The molecule has 1 atom stereocenters. The number of carbonyl (C=O) groups excluding carboxylic acids is 1. The molecule has 36 heavy (non-hydrogen) atoms. The van der Waals surface area contributed by atoms with E-state index in [0.29, 0.717) is 29.7 Å². The van der Waals surface area contributed by atoms with E-state index in [1.54, 1.807) is 31.6 Å². The van der Waals surface area contributed by atoms with Crippen molar-refractivity contribution in [1.29, 1.82) is 0 Å². The number of benzene rings is 2. The summed E-state index contributed by atoms with van der Waals surface area (Å²) in [5, 5.41) is 10.3. The fraction of sp³-hybridized carbons (Fsp3) is 0.185. The van der Waals surface area contributed by atoms with E-state index in [1.165, 1.54) is 6.08 Å². The second-order valence-electron chi connectivity index (χ2n) is 8.21. The molecule has 1 fully saturated rings. The number of aromatic nitrogens is 3. The minimum Gasteiger partial charge on any atom is -0.495 e. The predicted octanol–water partition coefficient (Wildman–Crippen LogP) is 4.23. The van der Waals surface area contributed by atoms with Gasteiger partial charge in [-0.05, 0) is 35.9 Å². The first-order valence-corrected chi connectivity index (χ1v) is 11.6. The minimum atomic E-state index is -0.287. The number of para-hydroxylation sites is 1. The second-order valence-corrected chi connectivity index (χ2v) is 8.21. The molecule has 0 bridgehead atoms. The Labute approximate surface area is 208 Å². The van der Waals surface area contributed by atoms with Crippen molar-refractivity contribution in [1.82, 2.24) is 20.3 Å². The molecule has 0 aliphatic carbocycles. The lowest BCUT2D eigenvalue weighted by Crippen LogP contribution is -2.33. The number of hydrogen-bond donors (Lipinski definition) is 3. The zero-order chi connectivity index (χ0) is 24.9. The average Bonchev–Trinajstić information content (AvgIpc) is 2.93. The lowest BCUT2D eigenvalue weighted by Gasteiger charge is -2.24. The smallest absolute Gasteiger partial charge is 0.247 e. The molecule has 1 aliphatic heterocycles. The van der Waals surface area contributed by atoms with Crippen LogP contribution in [0.3, 0.4) is 0 Å². The van der Waals surface area contributed by atoms with Gasteiger partial charge in [0, 0.05) is 42.1 Å². The quantitative estimate of drug-likeness (QED) is 0.336. The third kappa shape index (κ3) is 5.02. The molecule has 2 aromatic heterocycles. The summed E-state index contributed by atoms with van der Waals surface area (Å²) >= 11 is 0. The molecule has 9 heteroatoms. The maximum atomic E-state index is 11.7. The Morgan fingerprint density at radius 3 is 2.94 bits per heavy atom. The summed E-state index contributed by atoms with van der Waals surface area (Å²) < 4.78 is 11.5. The molecule has 1 unspecified atom stereocenters. The van der Waals surface area contributed by atoms with Crippen molar-refractivity contribution < 1.29 is 14.3 Å². The molecule has 1 aliphatic rings. The molecule has 0 spiro atoms. The lowest BCUT2D eigenvalue weighted by molar-refractivity contribution is -0.111. The molecule has 3 N–H and O–H groups in total. The number of ether oxygens (including phenoxy) is 2. The van der Waals surface area contributed by atoms with Gasteiger partial charge in [0.25, 0.3) is 0 Å². The van der Waals surface area contributed by atoms with Crippen molar-refractivity contribution in [3.05, 3.63) is 79.1 Å². The Balaban J connectivity index is 1.46. The van der Waals surface area contributed by atoms with Crippen LogP contribution >= 0.6 is 0 Å². The van der Waals surface area contributed by atoms with Crippen LogP contribution in [0.5, 0.6) is 5.75 Å². The lowest BCUT2D eigenvalue weighted by atomic mass is 10.1. The number of fused-ring (bicyclic) bond motifs is 1. The number of amides is 1. The van der Waals surface area contributed by atoms with Crippen LogP contribution < -0.4 is 20.7 Å². The van der Waals surface area contributed by atoms with E-state index in [0.717, 1.165) is 40.8 Å². The maximum absolute atomic E-state index is 11.7. The fourth-order valence-corrected chi connectivity index (χ4v) is 4.08. The van der Waals surface area contributed by atoms with Gasteiger partial charge in [-0.15, -0.1) is 0 Å². The molecule has 1 amide bonds. The van der Waals surface area contributed by atoms with Crippen LogP contribution in [-0.2, 0) is 9.53 Å². The highest BCUT2D eigenvalue weighted by atomic mass is 16.5. The van der Waals surface area contributed by atoms with Crippen molar-refractivity contribution in [2.24, 2.45) is 0 Å². The van der Waals surface area contributed by atoms with Crippen molar-refractivity contribution in [2.45, 2.75) is 6.10 Å². The first kappa shape index (κ1) is 23.4. The highest BCUT2D eigenvalue weighted by Crippen LogP contribution is 2.33. The molecule has 0 saturated carbocycles. The van der Waals surface area contributed by atoms with E-state index in [4.69, 9.17) is 14.5 Å². The summed E-state index contributed by atoms with van der Waals surface area (Å²) in [7, 11) is 1.63. The number of pyridine rings is 1. The van der Waals surface area contributed by atoms with Crippen molar-refractivity contribution in [3.8, 4) is 17.0 Å². The number of carbonyl (C=O) groups is 1. The third-order valence-electron chi connectivity index (χ3n) is 5.87. The number of anilines is 3. The van der Waals surface area contributed by atoms with Gasteiger partial charge in [0.1, 0.15) is 5.75 Å². The zero-order valence-electron chi connectivity index (χ0n) is 19.8. The standard InChI is InChI=1S/C27H26N6O3/c1-3-25(34)31-19-9-10-29-22(14-19)20-6-4-5-18-15-30-27(33-26(18)20)32-21-8-7-17(13-23(21)35-2)24-16-28-11-12-36-24/h3-10,13-15,24,28H,1,11-12,16H2,2H3,(H,29,31,34)(H,30,32,33). The highest BCUT2D eigenvalue weighted by molar-refractivity contribution is 5.99. The Bertz CT molecular complexity index is 1420. The van der Waals surface area contributed by atoms with Gasteiger partial charge in [0.2, 0.25) is 11.9 Å². The predicted molar refractivity (Wildman–Crippen MR) is 139 cm³/mol. The summed E-state index contributed by atoms with van der Waals surface area (Å²) in [6.45, 7) is 5.79. The molecule has 182 valence electrons. The normalized spacial score (nSPS) is 15.3. The highest BCUT2D eigenvalue weighted by Gasteiger charge is 2.18. The van der Waals surface area contributed by atoms with E-state index in [-0.39, 0.29) is 12.0 Å². The Morgan fingerprint density at radius 1 is 1.22 bits per heavy atom. The van der Waals surface area contributed by atoms with Crippen LogP contribution in [0, 0.1) is 0 Å². The van der Waals surface area contributed by atoms with Gasteiger partial charge < -0.3 is 25.4 Å². The SMILES string of the molecule is C=CC(=O)Nc1ccnc(-c2cccc3cnc(Nc4ccc(C5CNCCO5)cc4OC)nc23)c1. The summed E-state index contributed by atoms with van der Waals surface area (Å²) in [5.74, 6) is 0.809. The summed E-state index contributed by atoms with van der Waals surface area (Å²) in [6.07, 6.45) is 4.62. The van der Waals surface area contributed by atoms with Crippen LogP contribution in [0.4, 0.5) is 17.3 Å².